The van der Waals surface area contributed by atoms with Crippen LogP contribution in [0.1, 0.15) is 28.9 Å². The number of hydrogen-bond acceptors (Lipinski definition) is 3. The summed E-state index contributed by atoms with van der Waals surface area (Å²) >= 11 is 4.83. The molecular formula is C12H17BrN2OS. The van der Waals surface area contributed by atoms with E-state index in [0.717, 1.165) is 41.3 Å². The maximum atomic E-state index is 11.8. The predicted molar refractivity (Wildman–Crippen MR) is 74.6 cm³/mol. The first-order valence-corrected chi connectivity index (χ1v) is 7.66. The molecule has 2 heterocycles. The monoisotopic (exact) mass is 316 g/mol. The third-order valence-corrected chi connectivity index (χ3v) is 4.72. The first kappa shape index (κ1) is 13.1. The first-order valence-electron chi connectivity index (χ1n) is 5.98. The van der Waals surface area contributed by atoms with Crippen LogP contribution in [-0.2, 0) is 0 Å². The summed E-state index contributed by atoms with van der Waals surface area (Å²) in [7, 11) is 0. The molecule has 1 amide bonds. The molecule has 0 spiro atoms. The van der Waals surface area contributed by atoms with Crippen LogP contribution in [0.25, 0.3) is 0 Å². The van der Waals surface area contributed by atoms with Crippen molar-refractivity contribution in [2.75, 3.05) is 19.6 Å². The highest BCUT2D eigenvalue weighted by molar-refractivity contribution is 9.10. The van der Waals surface area contributed by atoms with Crippen molar-refractivity contribution >= 4 is 33.2 Å². The fourth-order valence-corrected chi connectivity index (χ4v) is 3.42. The minimum absolute atomic E-state index is 0.0458. The molecule has 1 aliphatic rings. The van der Waals surface area contributed by atoms with Gasteiger partial charge in [-0.25, -0.2) is 0 Å². The maximum absolute atomic E-state index is 11.8. The number of hydrogen-bond donors (Lipinski definition) is 2. The Morgan fingerprint density at radius 1 is 1.65 bits per heavy atom. The van der Waals surface area contributed by atoms with E-state index in [4.69, 9.17) is 0 Å². The maximum Gasteiger partial charge on any atom is 0.261 e. The summed E-state index contributed by atoms with van der Waals surface area (Å²) in [6, 6.07) is 1.86. The molecule has 1 aromatic rings. The van der Waals surface area contributed by atoms with Crippen LogP contribution in [0, 0.1) is 5.92 Å². The zero-order chi connectivity index (χ0) is 12.1. The molecule has 17 heavy (non-hydrogen) atoms. The lowest BCUT2D eigenvalue weighted by atomic mass is 9.96. The lowest BCUT2D eigenvalue weighted by Gasteiger charge is -2.22. The van der Waals surface area contributed by atoms with Gasteiger partial charge in [0, 0.05) is 16.4 Å². The van der Waals surface area contributed by atoms with Gasteiger partial charge in [-0.1, -0.05) is 0 Å². The second kappa shape index (κ2) is 6.52. The minimum atomic E-state index is 0.0458. The molecule has 0 aromatic carbocycles. The number of nitrogens with one attached hydrogen (secondary N) is 2. The van der Waals surface area contributed by atoms with Gasteiger partial charge in [-0.15, -0.1) is 11.3 Å². The van der Waals surface area contributed by atoms with Gasteiger partial charge < -0.3 is 10.6 Å². The summed E-state index contributed by atoms with van der Waals surface area (Å²) in [5, 5.41) is 8.30. The predicted octanol–water partition coefficient (Wildman–Crippen LogP) is 2.63. The molecule has 1 fully saturated rings. The van der Waals surface area contributed by atoms with E-state index in [1.165, 1.54) is 24.2 Å². The molecule has 2 rings (SSSR count). The van der Waals surface area contributed by atoms with E-state index in [-0.39, 0.29) is 5.91 Å². The fraction of sp³-hybridized carbons (Fsp3) is 0.583. The summed E-state index contributed by atoms with van der Waals surface area (Å²) in [6.07, 6.45) is 3.62. The molecule has 0 aliphatic carbocycles. The Kier molecular flexibility index (Phi) is 5.00. The third kappa shape index (κ3) is 4.08. The second-order valence-corrected chi connectivity index (χ2v) is 6.21. The second-order valence-electron chi connectivity index (χ2n) is 4.39. The molecule has 0 saturated carbocycles. The molecule has 0 bridgehead atoms. The molecule has 1 saturated heterocycles. The van der Waals surface area contributed by atoms with Gasteiger partial charge in [-0.3, -0.25) is 4.79 Å². The number of piperidine rings is 1. The van der Waals surface area contributed by atoms with Crippen molar-refractivity contribution < 1.29 is 4.79 Å². The van der Waals surface area contributed by atoms with Gasteiger partial charge in [0.05, 0.1) is 4.88 Å². The molecule has 5 heteroatoms. The molecule has 0 radical (unpaired) electrons. The highest BCUT2D eigenvalue weighted by Gasteiger charge is 2.13. The van der Waals surface area contributed by atoms with Crippen molar-refractivity contribution in [1.82, 2.24) is 10.6 Å². The SMILES string of the molecule is O=C(NCCC1CCCNC1)c1cc(Br)cs1. The Balaban J connectivity index is 1.69. The third-order valence-electron chi connectivity index (χ3n) is 3.03. The van der Waals surface area contributed by atoms with Crippen LogP contribution < -0.4 is 10.6 Å². The molecule has 3 nitrogen and oxygen atoms in total. The molecular weight excluding hydrogens is 300 g/mol. The van der Waals surface area contributed by atoms with Crippen molar-refractivity contribution in [3.63, 3.8) is 0 Å². The normalized spacial score (nSPS) is 20.2. The van der Waals surface area contributed by atoms with Gasteiger partial charge in [0.15, 0.2) is 0 Å². The first-order chi connectivity index (χ1) is 8.25. The quantitative estimate of drug-likeness (QED) is 0.896. The largest absolute Gasteiger partial charge is 0.351 e. The van der Waals surface area contributed by atoms with Crippen molar-refractivity contribution in [3.8, 4) is 0 Å². The summed E-state index contributed by atoms with van der Waals surface area (Å²) in [5.41, 5.74) is 0. The highest BCUT2D eigenvalue weighted by atomic mass is 79.9. The molecule has 2 N–H and O–H groups in total. The number of thiophene rings is 1. The standard InChI is InChI=1S/C12H17BrN2OS/c13-10-6-11(17-8-10)12(16)15-5-3-9-2-1-4-14-7-9/h6,8-9,14H,1-5,7H2,(H,15,16). The van der Waals surface area contributed by atoms with Crippen LogP contribution >= 0.6 is 27.3 Å². The van der Waals surface area contributed by atoms with E-state index in [0.29, 0.717) is 0 Å². The zero-order valence-electron chi connectivity index (χ0n) is 9.67. The lowest BCUT2D eigenvalue weighted by Crippen LogP contribution is -2.33. The van der Waals surface area contributed by atoms with Gasteiger partial charge >= 0.3 is 0 Å². The molecule has 1 aromatic heterocycles. The summed E-state index contributed by atoms with van der Waals surface area (Å²) in [5.74, 6) is 0.767. The number of carbonyl (C=O) groups is 1. The van der Waals surface area contributed by atoms with E-state index in [9.17, 15) is 4.79 Å². The molecule has 94 valence electrons. The number of halogens is 1. The van der Waals surface area contributed by atoms with E-state index in [2.05, 4.69) is 26.6 Å². The topological polar surface area (TPSA) is 41.1 Å². The van der Waals surface area contributed by atoms with Crippen molar-refractivity contribution in [2.45, 2.75) is 19.3 Å². The summed E-state index contributed by atoms with van der Waals surface area (Å²) < 4.78 is 0.976. The number of amides is 1. The van der Waals surface area contributed by atoms with Crippen LogP contribution in [-0.4, -0.2) is 25.5 Å². The zero-order valence-corrected chi connectivity index (χ0v) is 12.1. The van der Waals surface area contributed by atoms with E-state index in [1.54, 1.807) is 0 Å². The van der Waals surface area contributed by atoms with Crippen LogP contribution in [0.2, 0.25) is 0 Å². The molecule has 1 unspecified atom stereocenters. The summed E-state index contributed by atoms with van der Waals surface area (Å²) in [6.45, 7) is 3.02. The smallest absolute Gasteiger partial charge is 0.261 e. The Labute approximate surface area is 114 Å². The average molecular weight is 317 g/mol. The molecule has 1 aliphatic heterocycles. The van der Waals surface area contributed by atoms with E-state index < -0.39 is 0 Å². The average Bonchev–Trinajstić information content (AvgIpc) is 2.77. The van der Waals surface area contributed by atoms with E-state index in [1.807, 2.05) is 11.4 Å². The van der Waals surface area contributed by atoms with Crippen LogP contribution in [0.4, 0.5) is 0 Å². The van der Waals surface area contributed by atoms with Gasteiger partial charge in [0.25, 0.3) is 5.91 Å². The van der Waals surface area contributed by atoms with Crippen LogP contribution in [0.15, 0.2) is 15.9 Å². The van der Waals surface area contributed by atoms with Gasteiger partial charge in [-0.05, 0) is 60.3 Å². The van der Waals surface area contributed by atoms with Gasteiger partial charge in [-0.2, -0.15) is 0 Å². The van der Waals surface area contributed by atoms with Crippen LogP contribution in [0.3, 0.4) is 0 Å². The lowest BCUT2D eigenvalue weighted by molar-refractivity contribution is 0.0954. The van der Waals surface area contributed by atoms with Crippen molar-refractivity contribution in [3.05, 3.63) is 20.8 Å². The summed E-state index contributed by atoms with van der Waals surface area (Å²) in [4.78, 5) is 12.5. The van der Waals surface area contributed by atoms with Crippen molar-refractivity contribution in [2.24, 2.45) is 5.92 Å². The Bertz CT molecular complexity index is 374. The number of carbonyl (C=O) groups excluding carboxylic acids is 1. The Morgan fingerprint density at radius 3 is 3.18 bits per heavy atom. The Morgan fingerprint density at radius 2 is 2.53 bits per heavy atom. The number of rotatable bonds is 4. The molecule has 1 atom stereocenters. The minimum Gasteiger partial charge on any atom is -0.351 e. The fourth-order valence-electron chi connectivity index (χ4n) is 2.08. The van der Waals surface area contributed by atoms with E-state index >= 15 is 0 Å². The van der Waals surface area contributed by atoms with Crippen molar-refractivity contribution in [1.29, 1.82) is 0 Å². The van der Waals surface area contributed by atoms with Gasteiger partial charge in [0.1, 0.15) is 0 Å². The van der Waals surface area contributed by atoms with Gasteiger partial charge in [0.2, 0.25) is 0 Å². The van der Waals surface area contributed by atoms with Crippen LogP contribution in [0.5, 0.6) is 0 Å². The highest BCUT2D eigenvalue weighted by Crippen LogP contribution is 2.19. The Hall–Kier alpha value is -0.390.